The molecule has 0 radical (unpaired) electrons. The second-order valence-electron chi connectivity index (χ2n) is 4.47. The van der Waals surface area contributed by atoms with E-state index in [0.717, 1.165) is 5.56 Å². The first-order valence-electron chi connectivity index (χ1n) is 6.27. The summed E-state index contributed by atoms with van der Waals surface area (Å²) in [6.07, 6.45) is 0. The Bertz CT molecular complexity index is 623. The van der Waals surface area contributed by atoms with Crippen LogP contribution in [0, 0.1) is 0 Å². The second-order valence-corrected chi connectivity index (χ2v) is 4.47. The van der Waals surface area contributed by atoms with Crippen LogP contribution < -0.4 is 5.32 Å². The van der Waals surface area contributed by atoms with Crippen LogP contribution in [0.4, 0.5) is 5.69 Å². The number of anilines is 1. The molecule has 0 heterocycles. The van der Waals surface area contributed by atoms with Gasteiger partial charge in [-0.1, -0.05) is 42.5 Å². The standard InChI is InChI=1S/C16H15NO3/c1-11(12-7-3-2-4-8-12)15(18)17-14-10-6-5-9-13(14)16(19)20/h2-11H,1H3,(H,17,18)(H,19,20). The maximum Gasteiger partial charge on any atom is 0.337 e. The fourth-order valence-corrected chi connectivity index (χ4v) is 1.91. The molecule has 0 aliphatic heterocycles. The Balaban J connectivity index is 2.18. The Morgan fingerprint density at radius 3 is 2.25 bits per heavy atom. The first-order chi connectivity index (χ1) is 9.59. The van der Waals surface area contributed by atoms with Gasteiger partial charge in [-0.05, 0) is 24.6 Å². The van der Waals surface area contributed by atoms with E-state index in [9.17, 15) is 9.59 Å². The van der Waals surface area contributed by atoms with Crippen LogP contribution >= 0.6 is 0 Å². The topological polar surface area (TPSA) is 66.4 Å². The number of para-hydroxylation sites is 1. The fraction of sp³-hybridized carbons (Fsp3) is 0.125. The van der Waals surface area contributed by atoms with Gasteiger partial charge < -0.3 is 10.4 Å². The summed E-state index contributed by atoms with van der Waals surface area (Å²) < 4.78 is 0. The smallest absolute Gasteiger partial charge is 0.337 e. The molecule has 0 spiro atoms. The lowest BCUT2D eigenvalue weighted by atomic mass is 10.0. The van der Waals surface area contributed by atoms with Gasteiger partial charge in [0.2, 0.25) is 5.91 Å². The predicted octanol–water partition coefficient (Wildman–Crippen LogP) is 3.13. The number of carbonyl (C=O) groups is 2. The van der Waals surface area contributed by atoms with E-state index in [4.69, 9.17) is 5.11 Å². The van der Waals surface area contributed by atoms with E-state index in [1.165, 1.54) is 6.07 Å². The minimum Gasteiger partial charge on any atom is -0.478 e. The molecule has 0 aliphatic carbocycles. The van der Waals surface area contributed by atoms with Crippen molar-refractivity contribution in [2.24, 2.45) is 0 Å². The SMILES string of the molecule is CC(C(=O)Nc1ccccc1C(=O)O)c1ccccc1. The zero-order chi connectivity index (χ0) is 14.5. The largest absolute Gasteiger partial charge is 0.478 e. The number of hydrogen-bond acceptors (Lipinski definition) is 2. The van der Waals surface area contributed by atoms with Crippen molar-refractivity contribution in [2.75, 3.05) is 5.32 Å². The minimum atomic E-state index is -1.06. The molecule has 0 bridgehead atoms. The van der Waals surface area contributed by atoms with Crippen molar-refractivity contribution < 1.29 is 14.7 Å². The van der Waals surface area contributed by atoms with Crippen molar-refractivity contribution >= 4 is 17.6 Å². The molecule has 20 heavy (non-hydrogen) atoms. The van der Waals surface area contributed by atoms with E-state index in [-0.39, 0.29) is 17.4 Å². The van der Waals surface area contributed by atoms with Crippen molar-refractivity contribution in [1.29, 1.82) is 0 Å². The van der Waals surface area contributed by atoms with Gasteiger partial charge in [-0.3, -0.25) is 4.79 Å². The lowest BCUT2D eigenvalue weighted by Crippen LogP contribution is -2.20. The van der Waals surface area contributed by atoms with Gasteiger partial charge in [-0.25, -0.2) is 4.79 Å². The highest BCUT2D eigenvalue weighted by Gasteiger charge is 2.17. The fourth-order valence-electron chi connectivity index (χ4n) is 1.91. The number of aromatic carboxylic acids is 1. The number of carbonyl (C=O) groups excluding carboxylic acids is 1. The van der Waals surface area contributed by atoms with E-state index in [0.29, 0.717) is 5.69 Å². The number of carboxylic acid groups (broad SMARTS) is 1. The van der Waals surface area contributed by atoms with E-state index >= 15 is 0 Å². The number of nitrogens with one attached hydrogen (secondary N) is 1. The van der Waals surface area contributed by atoms with Crippen molar-refractivity contribution in [3.8, 4) is 0 Å². The lowest BCUT2D eigenvalue weighted by Gasteiger charge is -2.13. The molecular formula is C16H15NO3. The van der Waals surface area contributed by atoms with Crippen LogP contribution in [0.5, 0.6) is 0 Å². The van der Waals surface area contributed by atoms with Crippen molar-refractivity contribution in [3.05, 3.63) is 65.7 Å². The molecule has 1 unspecified atom stereocenters. The third-order valence-electron chi connectivity index (χ3n) is 3.11. The molecule has 1 atom stereocenters. The highest BCUT2D eigenvalue weighted by Crippen LogP contribution is 2.20. The number of amides is 1. The molecule has 2 aromatic rings. The molecule has 2 N–H and O–H groups in total. The summed E-state index contributed by atoms with van der Waals surface area (Å²) in [6.45, 7) is 1.79. The summed E-state index contributed by atoms with van der Waals surface area (Å²) in [7, 11) is 0. The first-order valence-corrected chi connectivity index (χ1v) is 6.27. The normalized spacial score (nSPS) is 11.7. The van der Waals surface area contributed by atoms with Gasteiger partial charge in [-0.15, -0.1) is 0 Å². The molecule has 0 aliphatic rings. The first kappa shape index (κ1) is 13.8. The van der Waals surface area contributed by atoms with E-state index in [1.807, 2.05) is 30.3 Å². The van der Waals surface area contributed by atoms with Crippen LogP contribution in [0.1, 0.15) is 28.8 Å². The van der Waals surface area contributed by atoms with Crippen LogP contribution in [-0.2, 0) is 4.79 Å². The summed E-state index contributed by atoms with van der Waals surface area (Å²) >= 11 is 0. The Morgan fingerprint density at radius 2 is 1.60 bits per heavy atom. The minimum absolute atomic E-state index is 0.0844. The molecule has 4 nitrogen and oxygen atoms in total. The maximum atomic E-state index is 12.2. The maximum absolute atomic E-state index is 12.2. The Labute approximate surface area is 117 Å². The van der Waals surface area contributed by atoms with Crippen LogP contribution in [0.25, 0.3) is 0 Å². The zero-order valence-electron chi connectivity index (χ0n) is 11.0. The summed E-state index contributed by atoms with van der Waals surface area (Å²) in [4.78, 5) is 23.3. The molecule has 2 aromatic carbocycles. The number of hydrogen-bond donors (Lipinski definition) is 2. The van der Waals surface area contributed by atoms with Crippen LogP contribution in [0.3, 0.4) is 0 Å². The molecule has 4 heteroatoms. The van der Waals surface area contributed by atoms with Crippen molar-refractivity contribution in [1.82, 2.24) is 0 Å². The van der Waals surface area contributed by atoms with Crippen LogP contribution in [0.2, 0.25) is 0 Å². The number of carboxylic acids is 1. The highest BCUT2D eigenvalue weighted by atomic mass is 16.4. The average Bonchev–Trinajstić information content (AvgIpc) is 2.47. The monoisotopic (exact) mass is 269 g/mol. The molecule has 0 aromatic heterocycles. The van der Waals surface area contributed by atoms with Crippen LogP contribution in [-0.4, -0.2) is 17.0 Å². The van der Waals surface area contributed by atoms with Gasteiger partial charge in [-0.2, -0.15) is 0 Å². The summed E-state index contributed by atoms with van der Waals surface area (Å²) in [6, 6.07) is 15.7. The number of benzene rings is 2. The molecule has 1 amide bonds. The molecule has 0 fully saturated rings. The second kappa shape index (κ2) is 6.02. The molecule has 2 rings (SSSR count). The van der Waals surface area contributed by atoms with Crippen LogP contribution in [0.15, 0.2) is 54.6 Å². The Kier molecular flexibility index (Phi) is 4.15. The van der Waals surface area contributed by atoms with Gasteiger partial charge in [0, 0.05) is 0 Å². The van der Waals surface area contributed by atoms with Gasteiger partial charge in [0.25, 0.3) is 0 Å². The van der Waals surface area contributed by atoms with E-state index in [1.54, 1.807) is 25.1 Å². The van der Waals surface area contributed by atoms with Gasteiger partial charge in [0.05, 0.1) is 17.2 Å². The van der Waals surface area contributed by atoms with Gasteiger partial charge >= 0.3 is 5.97 Å². The van der Waals surface area contributed by atoms with Gasteiger partial charge in [0.15, 0.2) is 0 Å². The summed E-state index contributed by atoms with van der Waals surface area (Å²) in [5, 5.41) is 11.8. The van der Waals surface area contributed by atoms with E-state index < -0.39 is 5.97 Å². The van der Waals surface area contributed by atoms with E-state index in [2.05, 4.69) is 5.32 Å². The highest BCUT2D eigenvalue weighted by molar-refractivity contribution is 6.02. The third-order valence-corrected chi connectivity index (χ3v) is 3.11. The number of rotatable bonds is 4. The molecule has 0 saturated carbocycles. The molecular weight excluding hydrogens is 254 g/mol. The summed E-state index contributed by atoms with van der Waals surface area (Å²) in [5.74, 6) is -1.64. The quantitative estimate of drug-likeness (QED) is 0.896. The van der Waals surface area contributed by atoms with Crippen molar-refractivity contribution in [2.45, 2.75) is 12.8 Å². The van der Waals surface area contributed by atoms with Crippen molar-refractivity contribution in [3.63, 3.8) is 0 Å². The Morgan fingerprint density at radius 1 is 1.00 bits per heavy atom. The predicted molar refractivity (Wildman–Crippen MR) is 76.9 cm³/mol. The van der Waals surface area contributed by atoms with Gasteiger partial charge in [0.1, 0.15) is 0 Å². The average molecular weight is 269 g/mol. The Hall–Kier alpha value is -2.62. The third kappa shape index (κ3) is 3.03. The summed E-state index contributed by atoms with van der Waals surface area (Å²) in [5.41, 5.74) is 1.28. The molecule has 102 valence electrons. The molecule has 0 saturated heterocycles. The lowest BCUT2D eigenvalue weighted by molar-refractivity contribution is -0.117. The zero-order valence-corrected chi connectivity index (χ0v) is 11.0.